The van der Waals surface area contributed by atoms with Crippen LogP contribution in [0.4, 0.5) is 5.13 Å². The van der Waals surface area contributed by atoms with E-state index in [1.54, 1.807) is 11.3 Å². The summed E-state index contributed by atoms with van der Waals surface area (Å²) in [5.41, 5.74) is 0.991. The fourth-order valence-electron chi connectivity index (χ4n) is 3.47. The Kier molecular flexibility index (Phi) is 4.30. The molecule has 4 rings (SSSR count). The number of rotatable bonds is 2. The topological polar surface area (TPSA) is 43.2 Å². The highest BCUT2D eigenvalue weighted by atomic mass is 79.9. The zero-order chi connectivity index (χ0) is 17.1. The molecule has 2 aromatic rings. The molecule has 24 heavy (non-hydrogen) atoms. The molecule has 2 fully saturated rings. The Labute approximate surface area is 162 Å². The fraction of sp³-hybridized carbons (Fsp3) is 0.625. The summed E-state index contributed by atoms with van der Waals surface area (Å²) in [6, 6.07) is 0.949. The summed E-state index contributed by atoms with van der Waals surface area (Å²) in [5, 5.41) is 3.19. The minimum Gasteiger partial charge on any atom is -0.377 e. The van der Waals surface area contributed by atoms with Gasteiger partial charge in [0, 0.05) is 10.8 Å². The van der Waals surface area contributed by atoms with Gasteiger partial charge in [-0.3, -0.25) is 4.57 Å². The molecule has 0 N–H and O–H groups in total. The maximum Gasteiger partial charge on any atom is 0.188 e. The molecule has 0 aromatic carbocycles. The van der Waals surface area contributed by atoms with Crippen molar-refractivity contribution in [3.05, 3.63) is 20.4 Å². The van der Waals surface area contributed by atoms with Gasteiger partial charge in [0.05, 0.1) is 31.0 Å². The first-order valence-corrected chi connectivity index (χ1v) is 10.6. The van der Waals surface area contributed by atoms with Crippen molar-refractivity contribution in [2.24, 2.45) is 0 Å². The van der Waals surface area contributed by atoms with Gasteiger partial charge in [-0.1, -0.05) is 20.8 Å². The van der Waals surface area contributed by atoms with Crippen LogP contribution in [0.5, 0.6) is 0 Å². The summed E-state index contributed by atoms with van der Waals surface area (Å²) in [5.74, 6) is 0.905. The smallest absolute Gasteiger partial charge is 0.188 e. The van der Waals surface area contributed by atoms with Gasteiger partial charge in [-0.2, -0.15) is 0 Å². The van der Waals surface area contributed by atoms with Crippen molar-refractivity contribution in [3.63, 3.8) is 0 Å². The first kappa shape index (κ1) is 17.0. The molecular formula is C16H20Br2N4OS. The van der Waals surface area contributed by atoms with Gasteiger partial charge >= 0.3 is 0 Å². The average Bonchev–Trinajstić information content (AvgIpc) is 3.14. The van der Waals surface area contributed by atoms with Gasteiger partial charge in [0.1, 0.15) is 4.60 Å². The van der Waals surface area contributed by atoms with Crippen LogP contribution in [-0.2, 0) is 10.2 Å². The van der Waals surface area contributed by atoms with Crippen LogP contribution in [0.2, 0.25) is 0 Å². The Bertz CT molecular complexity index is 751. The van der Waals surface area contributed by atoms with Crippen LogP contribution in [0.15, 0.2) is 14.7 Å². The van der Waals surface area contributed by atoms with Crippen molar-refractivity contribution < 1.29 is 4.74 Å². The quantitative estimate of drug-likeness (QED) is 0.640. The lowest BCUT2D eigenvalue weighted by Gasteiger charge is -2.34. The molecule has 0 amide bonds. The highest BCUT2D eigenvalue weighted by Gasteiger charge is 2.39. The van der Waals surface area contributed by atoms with Crippen molar-refractivity contribution in [1.29, 1.82) is 0 Å². The second kappa shape index (κ2) is 6.07. The molecule has 0 saturated carbocycles. The SMILES string of the molecule is CC(C)(C)c1nc(Br)n(-c2csc(N3[C@@H]4CC[C@H]3COC4)n2)c1Br. The molecular weight excluding hydrogens is 456 g/mol. The van der Waals surface area contributed by atoms with E-state index in [1.165, 1.54) is 12.8 Å². The molecule has 2 atom stereocenters. The number of imidazole rings is 1. The third kappa shape index (κ3) is 2.75. The van der Waals surface area contributed by atoms with Gasteiger partial charge in [0.15, 0.2) is 15.7 Å². The molecule has 2 saturated heterocycles. The Morgan fingerprint density at radius 1 is 1.17 bits per heavy atom. The number of morpholine rings is 1. The van der Waals surface area contributed by atoms with Crippen LogP contribution in [0.25, 0.3) is 5.82 Å². The first-order valence-electron chi connectivity index (χ1n) is 8.12. The Hall–Kier alpha value is -0.440. The Balaban J connectivity index is 1.70. The maximum atomic E-state index is 5.68. The van der Waals surface area contributed by atoms with Crippen LogP contribution in [-0.4, -0.2) is 39.8 Å². The van der Waals surface area contributed by atoms with E-state index in [0.29, 0.717) is 12.1 Å². The summed E-state index contributed by atoms with van der Waals surface area (Å²) < 4.78 is 9.45. The zero-order valence-electron chi connectivity index (χ0n) is 13.9. The van der Waals surface area contributed by atoms with Crippen LogP contribution in [0.3, 0.4) is 0 Å². The van der Waals surface area contributed by atoms with Crippen molar-refractivity contribution in [3.8, 4) is 5.82 Å². The fourth-order valence-corrected chi connectivity index (χ4v) is 6.21. The van der Waals surface area contributed by atoms with E-state index in [2.05, 4.69) is 67.9 Å². The molecule has 0 radical (unpaired) electrons. The zero-order valence-corrected chi connectivity index (χ0v) is 17.9. The molecule has 5 nitrogen and oxygen atoms in total. The van der Waals surface area contributed by atoms with Crippen molar-refractivity contribution in [1.82, 2.24) is 14.5 Å². The van der Waals surface area contributed by atoms with Crippen LogP contribution in [0.1, 0.15) is 39.3 Å². The summed E-state index contributed by atoms with van der Waals surface area (Å²) in [6.07, 6.45) is 2.40. The second-order valence-corrected chi connectivity index (χ2v) is 9.72. The minimum atomic E-state index is -0.0330. The van der Waals surface area contributed by atoms with E-state index >= 15 is 0 Å². The molecule has 0 aliphatic carbocycles. The van der Waals surface area contributed by atoms with E-state index in [4.69, 9.17) is 9.72 Å². The summed E-state index contributed by atoms with van der Waals surface area (Å²) >= 11 is 9.01. The van der Waals surface area contributed by atoms with E-state index in [9.17, 15) is 0 Å². The van der Waals surface area contributed by atoms with Gasteiger partial charge in [-0.15, -0.1) is 11.3 Å². The molecule has 2 aliphatic rings. The Morgan fingerprint density at radius 3 is 2.42 bits per heavy atom. The standard InChI is InChI=1S/C16H20Br2N4OS/c1-16(2,3)12-13(17)22(14(18)20-12)11-8-24-15(19-11)21-9-4-5-10(21)7-23-6-9/h8-10H,4-7H2,1-3H3/t9-,10+. The molecule has 2 aromatic heterocycles. The number of ether oxygens (including phenoxy) is 1. The van der Waals surface area contributed by atoms with Crippen LogP contribution >= 0.6 is 43.2 Å². The highest BCUT2D eigenvalue weighted by Crippen LogP contribution is 2.38. The maximum absolute atomic E-state index is 5.68. The van der Waals surface area contributed by atoms with Gasteiger partial charge in [0.25, 0.3) is 0 Å². The molecule has 0 spiro atoms. The number of hydrogen-bond donors (Lipinski definition) is 0. The minimum absolute atomic E-state index is 0.0330. The lowest BCUT2D eigenvalue weighted by molar-refractivity contribution is 0.0906. The first-order chi connectivity index (χ1) is 11.4. The summed E-state index contributed by atoms with van der Waals surface area (Å²) in [6.45, 7) is 8.12. The predicted molar refractivity (Wildman–Crippen MR) is 103 cm³/mol. The van der Waals surface area contributed by atoms with Gasteiger partial charge in [-0.25, -0.2) is 9.97 Å². The molecule has 8 heteroatoms. The second-order valence-electron chi connectivity index (χ2n) is 7.42. The van der Waals surface area contributed by atoms with Gasteiger partial charge in [-0.05, 0) is 44.7 Å². The third-order valence-corrected chi connectivity index (χ3v) is 6.76. The Morgan fingerprint density at radius 2 is 1.83 bits per heavy atom. The van der Waals surface area contributed by atoms with Crippen molar-refractivity contribution in [2.75, 3.05) is 18.1 Å². The molecule has 0 unspecified atom stereocenters. The number of hydrogen-bond acceptors (Lipinski definition) is 5. The number of aromatic nitrogens is 3. The van der Waals surface area contributed by atoms with Crippen molar-refractivity contribution in [2.45, 2.75) is 51.1 Å². The largest absolute Gasteiger partial charge is 0.377 e. The van der Waals surface area contributed by atoms with E-state index in [1.807, 2.05) is 4.57 Å². The molecule has 4 heterocycles. The number of thiazole rings is 1. The van der Waals surface area contributed by atoms with E-state index in [-0.39, 0.29) is 5.41 Å². The van der Waals surface area contributed by atoms with Gasteiger partial charge in [0.2, 0.25) is 0 Å². The van der Waals surface area contributed by atoms with E-state index in [0.717, 1.165) is 39.2 Å². The van der Waals surface area contributed by atoms with Crippen molar-refractivity contribution >= 4 is 48.3 Å². The van der Waals surface area contributed by atoms with Crippen LogP contribution < -0.4 is 4.90 Å². The third-order valence-electron chi connectivity index (χ3n) is 4.66. The highest BCUT2D eigenvalue weighted by molar-refractivity contribution is 9.11. The average molecular weight is 476 g/mol. The lowest BCUT2D eigenvalue weighted by atomic mass is 9.93. The summed E-state index contributed by atoms with van der Waals surface area (Å²) in [4.78, 5) is 12.1. The number of halogens is 2. The number of anilines is 1. The molecule has 130 valence electrons. The van der Waals surface area contributed by atoms with Gasteiger partial charge < -0.3 is 9.64 Å². The normalized spacial score (nSPS) is 24.0. The van der Waals surface area contributed by atoms with E-state index < -0.39 is 0 Å². The monoisotopic (exact) mass is 474 g/mol. The predicted octanol–water partition coefficient (Wildman–Crippen LogP) is 4.52. The lowest BCUT2D eigenvalue weighted by Crippen LogP contribution is -2.45. The molecule has 2 bridgehead atoms. The molecule has 2 aliphatic heterocycles. The summed E-state index contributed by atoms with van der Waals surface area (Å²) in [7, 11) is 0. The number of nitrogens with zero attached hydrogens (tertiary/aromatic N) is 4. The van der Waals surface area contributed by atoms with Crippen LogP contribution in [0, 0.1) is 0 Å². The number of fused-ring (bicyclic) bond motifs is 2.